The van der Waals surface area contributed by atoms with Crippen molar-refractivity contribution in [3.63, 3.8) is 0 Å². The first-order chi connectivity index (χ1) is 12.1. The van der Waals surface area contributed by atoms with Crippen LogP contribution < -0.4 is 16.7 Å². The highest BCUT2D eigenvalue weighted by molar-refractivity contribution is 7.71. The molecule has 1 aromatic heterocycles. The van der Waals surface area contributed by atoms with Gasteiger partial charge in [0.2, 0.25) is 0 Å². The highest BCUT2D eigenvalue weighted by atomic mass is 35.5. The van der Waals surface area contributed by atoms with Gasteiger partial charge in [-0.1, -0.05) is 11.6 Å². The van der Waals surface area contributed by atoms with Gasteiger partial charge in [-0.25, -0.2) is 18.5 Å². The van der Waals surface area contributed by atoms with E-state index in [-0.39, 0.29) is 15.4 Å². The number of carbonyl (C=O) groups is 2. The minimum absolute atomic E-state index is 0.0787. The van der Waals surface area contributed by atoms with Crippen molar-refractivity contribution in [2.75, 3.05) is 6.54 Å². The van der Waals surface area contributed by atoms with E-state index in [9.17, 15) is 23.6 Å². The maximum atomic E-state index is 14.4. The lowest BCUT2D eigenvalue weighted by Gasteiger charge is -2.13. The van der Waals surface area contributed by atoms with E-state index in [1.165, 1.54) is 14.1 Å². The van der Waals surface area contributed by atoms with Gasteiger partial charge in [0.15, 0.2) is 4.77 Å². The van der Waals surface area contributed by atoms with Gasteiger partial charge in [-0.2, -0.15) is 0 Å². The van der Waals surface area contributed by atoms with Crippen LogP contribution in [0.25, 0.3) is 5.69 Å². The number of carbonyl (C=O) groups excluding carboxylic acids is 1. The average molecular weight is 403 g/mol. The zero-order valence-electron chi connectivity index (χ0n) is 13.4. The number of aliphatic carboxylic acids is 1. The van der Waals surface area contributed by atoms with E-state index < -0.39 is 41.3 Å². The number of amides is 1. The van der Waals surface area contributed by atoms with Crippen LogP contribution in [0.1, 0.15) is 10.4 Å². The Labute approximate surface area is 154 Å². The molecule has 0 saturated heterocycles. The SMILES string of the molecule is Cn1c(=S)n(C)c(=O)n(-c2cc(C(=O)NCC(=O)O)c(Cl)cc2F)c1=O. The van der Waals surface area contributed by atoms with Gasteiger partial charge in [0.1, 0.15) is 12.4 Å². The molecule has 26 heavy (non-hydrogen) atoms. The molecule has 9 nitrogen and oxygen atoms in total. The summed E-state index contributed by atoms with van der Waals surface area (Å²) in [6.07, 6.45) is 0. The fourth-order valence-electron chi connectivity index (χ4n) is 2.11. The molecule has 1 heterocycles. The van der Waals surface area contributed by atoms with Crippen molar-refractivity contribution >= 4 is 35.7 Å². The molecule has 0 fully saturated rings. The molecule has 2 aromatic rings. The van der Waals surface area contributed by atoms with Gasteiger partial charge in [-0.3, -0.25) is 18.7 Å². The Balaban J connectivity index is 2.74. The van der Waals surface area contributed by atoms with Gasteiger partial charge in [-0.05, 0) is 24.4 Å². The molecule has 2 rings (SSSR count). The van der Waals surface area contributed by atoms with Crippen LogP contribution in [0, 0.1) is 10.6 Å². The van der Waals surface area contributed by atoms with Crippen LogP contribution >= 0.6 is 23.8 Å². The summed E-state index contributed by atoms with van der Waals surface area (Å²) in [6, 6.07) is 1.64. The Hall–Kier alpha value is -2.79. The first-order valence-electron chi connectivity index (χ1n) is 6.94. The minimum atomic E-state index is -1.30. The number of carboxylic acid groups (broad SMARTS) is 1. The summed E-state index contributed by atoms with van der Waals surface area (Å²) < 4.78 is 16.7. The number of nitrogens with zero attached hydrogens (tertiary/aromatic N) is 3. The van der Waals surface area contributed by atoms with Crippen LogP contribution in [0.5, 0.6) is 0 Å². The van der Waals surface area contributed by atoms with Crippen LogP contribution in [0.4, 0.5) is 4.39 Å². The highest BCUT2D eigenvalue weighted by Gasteiger charge is 2.20. The Morgan fingerprint density at radius 1 is 1.23 bits per heavy atom. The quantitative estimate of drug-likeness (QED) is 0.706. The number of hydrogen-bond acceptors (Lipinski definition) is 5. The molecule has 0 aliphatic carbocycles. The predicted molar refractivity (Wildman–Crippen MR) is 92.0 cm³/mol. The lowest BCUT2D eigenvalue weighted by Crippen LogP contribution is -2.44. The Bertz CT molecular complexity index is 1060. The van der Waals surface area contributed by atoms with Crippen molar-refractivity contribution in [2.24, 2.45) is 14.1 Å². The van der Waals surface area contributed by atoms with Crippen molar-refractivity contribution in [1.82, 2.24) is 19.0 Å². The fraction of sp³-hybridized carbons (Fsp3) is 0.214. The summed E-state index contributed by atoms with van der Waals surface area (Å²) >= 11 is 10.8. The van der Waals surface area contributed by atoms with Crippen LogP contribution in [-0.4, -0.2) is 37.2 Å². The molecule has 0 aliphatic heterocycles. The first-order valence-corrected chi connectivity index (χ1v) is 7.73. The molecule has 0 aliphatic rings. The van der Waals surface area contributed by atoms with Gasteiger partial charge < -0.3 is 10.4 Å². The topological polar surface area (TPSA) is 115 Å². The summed E-state index contributed by atoms with van der Waals surface area (Å²) in [7, 11) is 2.60. The monoisotopic (exact) mass is 402 g/mol. The summed E-state index contributed by atoms with van der Waals surface area (Å²) in [6.45, 7) is -0.691. The van der Waals surface area contributed by atoms with E-state index in [1.807, 2.05) is 0 Å². The number of benzene rings is 1. The summed E-state index contributed by atoms with van der Waals surface area (Å²) in [4.78, 5) is 47.3. The van der Waals surface area contributed by atoms with Crippen molar-refractivity contribution < 1.29 is 19.1 Å². The number of aromatic nitrogens is 3. The molecule has 12 heteroatoms. The first kappa shape index (κ1) is 19.5. The third-order valence-corrected chi connectivity index (χ3v) is 4.31. The van der Waals surface area contributed by atoms with E-state index in [4.69, 9.17) is 28.9 Å². The van der Waals surface area contributed by atoms with E-state index in [0.29, 0.717) is 4.57 Å². The average Bonchev–Trinajstić information content (AvgIpc) is 2.58. The summed E-state index contributed by atoms with van der Waals surface area (Å²) in [5, 5.41) is 10.3. The highest BCUT2D eigenvalue weighted by Crippen LogP contribution is 2.22. The Kier molecular flexibility index (Phi) is 5.42. The molecule has 2 N–H and O–H groups in total. The molecule has 1 amide bonds. The third kappa shape index (κ3) is 3.44. The van der Waals surface area contributed by atoms with E-state index in [1.54, 1.807) is 0 Å². The largest absolute Gasteiger partial charge is 0.480 e. The number of hydrogen-bond donors (Lipinski definition) is 2. The molecule has 0 bridgehead atoms. The van der Waals surface area contributed by atoms with Crippen molar-refractivity contribution in [3.8, 4) is 5.69 Å². The number of halogens is 2. The van der Waals surface area contributed by atoms with Gasteiger partial charge in [0.25, 0.3) is 5.91 Å². The smallest absolute Gasteiger partial charge is 0.338 e. The number of nitrogens with one attached hydrogen (secondary N) is 1. The lowest BCUT2D eigenvalue weighted by molar-refractivity contribution is -0.135. The molecule has 138 valence electrons. The summed E-state index contributed by atoms with van der Waals surface area (Å²) in [5.74, 6) is -3.23. The van der Waals surface area contributed by atoms with E-state index in [2.05, 4.69) is 5.32 Å². The molecule has 0 radical (unpaired) electrons. The second-order valence-corrected chi connectivity index (χ2v) is 5.93. The molecule has 0 atom stereocenters. The maximum Gasteiger partial charge on any atom is 0.338 e. The van der Waals surface area contributed by atoms with Crippen molar-refractivity contribution in [2.45, 2.75) is 0 Å². The normalized spacial score (nSPS) is 10.6. The lowest BCUT2D eigenvalue weighted by atomic mass is 10.1. The minimum Gasteiger partial charge on any atom is -0.480 e. The molecular weight excluding hydrogens is 391 g/mol. The summed E-state index contributed by atoms with van der Waals surface area (Å²) in [5.41, 5.74) is -2.66. The van der Waals surface area contributed by atoms with Gasteiger partial charge in [-0.15, -0.1) is 0 Å². The van der Waals surface area contributed by atoms with Gasteiger partial charge in [0, 0.05) is 14.1 Å². The standard InChI is InChI=1S/C14H12ClFN4O5S/c1-18-12(24)20(13(25)19(2)14(18)26)9-3-6(7(15)4-8(9)16)11(23)17-5-10(21)22/h3-4H,5H2,1-2H3,(H,17,23)(H,21,22). The maximum absolute atomic E-state index is 14.4. The van der Waals surface area contributed by atoms with Crippen LogP contribution in [0.15, 0.2) is 21.7 Å². The van der Waals surface area contributed by atoms with Crippen LogP contribution in [0.3, 0.4) is 0 Å². The third-order valence-electron chi connectivity index (χ3n) is 3.45. The number of rotatable bonds is 4. The second-order valence-electron chi connectivity index (χ2n) is 5.16. The van der Waals surface area contributed by atoms with E-state index >= 15 is 0 Å². The van der Waals surface area contributed by atoms with Gasteiger partial charge in [0.05, 0.1) is 16.3 Å². The molecule has 0 saturated carbocycles. The van der Waals surface area contributed by atoms with Crippen LogP contribution in [-0.2, 0) is 18.9 Å². The zero-order valence-corrected chi connectivity index (χ0v) is 15.0. The molecule has 0 unspecified atom stereocenters. The Morgan fingerprint density at radius 3 is 2.27 bits per heavy atom. The fourth-order valence-corrected chi connectivity index (χ4v) is 2.50. The van der Waals surface area contributed by atoms with Gasteiger partial charge >= 0.3 is 17.3 Å². The molecule has 0 spiro atoms. The second kappa shape index (κ2) is 7.22. The van der Waals surface area contributed by atoms with Crippen molar-refractivity contribution in [1.29, 1.82) is 0 Å². The number of carboxylic acids is 1. The zero-order chi connectivity index (χ0) is 19.8. The molecular formula is C14H12ClFN4O5S. The van der Waals surface area contributed by atoms with Crippen molar-refractivity contribution in [3.05, 3.63) is 54.3 Å². The molecule has 1 aromatic carbocycles. The Morgan fingerprint density at radius 2 is 1.77 bits per heavy atom. The predicted octanol–water partition coefficient (Wildman–Crippen LogP) is 0.211. The van der Waals surface area contributed by atoms with Crippen LogP contribution in [0.2, 0.25) is 5.02 Å². The van der Waals surface area contributed by atoms with E-state index in [0.717, 1.165) is 21.3 Å².